The average molecular weight is 348 g/mol. The molecule has 6 nitrogen and oxygen atoms in total. The quantitative estimate of drug-likeness (QED) is 0.828. The molecule has 1 aliphatic rings. The third kappa shape index (κ3) is 5.66. The second-order valence-electron chi connectivity index (χ2n) is 6.93. The molecule has 1 aromatic rings. The number of rotatable bonds is 6. The number of piperidine rings is 1. The number of hydrogen-bond donors (Lipinski definition) is 2. The lowest BCUT2D eigenvalue weighted by molar-refractivity contribution is -0.143. The molecule has 1 fully saturated rings. The van der Waals surface area contributed by atoms with Crippen molar-refractivity contribution >= 4 is 12.0 Å². The molecule has 0 aromatic heterocycles. The summed E-state index contributed by atoms with van der Waals surface area (Å²) in [4.78, 5) is 25.2. The Morgan fingerprint density at radius 2 is 2.16 bits per heavy atom. The first-order valence-electron chi connectivity index (χ1n) is 8.88. The maximum absolute atomic E-state index is 12.4. The van der Waals surface area contributed by atoms with Gasteiger partial charge in [-0.2, -0.15) is 0 Å². The predicted octanol–water partition coefficient (Wildman–Crippen LogP) is 2.90. The van der Waals surface area contributed by atoms with Gasteiger partial charge in [-0.15, -0.1) is 0 Å². The molecule has 0 bridgehead atoms. The van der Waals surface area contributed by atoms with Crippen molar-refractivity contribution in [3.8, 4) is 5.75 Å². The van der Waals surface area contributed by atoms with Crippen LogP contribution in [0.4, 0.5) is 4.79 Å². The first kappa shape index (κ1) is 19.1. The van der Waals surface area contributed by atoms with Crippen molar-refractivity contribution in [1.82, 2.24) is 10.2 Å². The summed E-state index contributed by atoms with van der Waals surface area (Å²) < 4.78 is 5.94. The number of carbonyl (C=O) groups excluding carboxylic acids is 1. The summed E-state index contributed by atoms with van der Waals surface area (Å²) in [5, 5.41) is 12.1. The Kier molecular flexibility index (Phi) is 6.67. The number of aliphatic carboxylic acids is 1. The van der Waals surface area contributed by atoms with Crippen molar-refractivity contribution < 1.29 is 19.4 Å². The van der Waals surface area contributed by atoms with E-state index < -0.39 is 11.9 Å². The van der Waals surface area contributed by atoms with Gasteiger partial charge in [-0.1, -0.05) is 26.0 Å². The normalized spacial score (nSPS) is 21.5. The zero-order valence-electron chi connectivity index (χ0n) is 15.2. The Bertz CT molecular complexity index is 605. The monoisotopic (exact) mass is 348 g/mol. The minimum atomic E-state index is -0.835. The molecule has 1 saturated heterocycles. The van der Waals surface area contributed by atoms with E-state index >= 15 is 0 Å². The first-order chi connectivity index (χ1) is 11.9. The van der Waals surface area contributed by atoms with E-state index in [1.54, 1.807) is 4.90 Å². The van der Waals surface area contributed by atoms with Crippen LogP contribution in [0.1, 0.15) is 32.3 Å². The van der Waals surface area contributed by atoms with Crippen LogP contribution in [0.5, 0.6) is 5.75 Å². The summed E-state index contributed by atoms with van der Waals surface area (Å²) in [7, 11) is 0. The van der Waals surface area contributed by atoms with E-state index in [9.17, 15) is 14.7 Å². The van der Waals surface area contributed by atoms with Gasteiger partial charge in [-0.25, -0.2) is 4.79 Å². The fourth-order valence-corrected chi connectivity index (χ4v) is 3.16. The second kappa shape index (κ2) is 8.74. The Hall–Kier alpha value is -2.24. The topological polar surface area (TPSA) is 78.9 Å². The summed E-state index contributed by atoms with van der Waals surface area (Å²) in [5.74, 6) is -0.344. The summed E-state index contributed by atoms with van der Waals surface area (Å²) in [5.41, 5.74) is 1.12. The minimum absolute atomic E-state index is 0.122. The molecule has 1 heterocycles. The van der Waals surface area contributed by atoms with Gasteiger partial charge in [-0.3, -0.25) is 4.79 Å². The van der Waals surface area contributed by atoms with Gasteiger partial charge in [0.2, 0.25) is 0 Å². The molecule has 2 rings (SSSR count). The van der Waals surface area contributed by atoms with Crippen molar-refractivity contribution in [1.29, 1.82) is 0 Å². The van der Waals surface area contributed by atoms with Crippen molar-refractivity contribution in [3.05, 3.63) is 29.8 Å². The zero-order valence-corrected chi connectivity index (χ0v) is 15.2. The lowest BCUT2D eigenvalue weighted by Crippen LogP contribution is -2.51. The van der Waals surface area contributed by atoms with Crippen LogP contribution < -0.4 is 10.1 Å². The largest absolute Gasteiger partial charge is 0.489 e. The molecule has 0 aliphatic carbocycles. The van der Waals surface area contributed by atoms with Crippen LogP contribution in [0.15, 0.2) is 24.3 Å². The molecule has 3 unspecified atom stereocenters. The van der Waals surface area contributed by atoms with E-state index in [4.69, 9.17) is 4.74 Å². The smallest absolute Gasteiger partial charge is 0.317 e. The molecular weight excluding hydrogens is 320 g/mol. The molecule has 2 N–H and O–H groups in total. The number of carboxylic acids is 1. The standard InChI is InChI=1S/C19H28N2O4/c1-4-16(25-17-7-5-6-13(2)9-17)10-20-19(24)21-11-14(3)8-15(12-21)18(22)23/h5-7,9,14-16H,4,8,10-12H2,1-3H3,(H,20,24)(H,22,23). The summed E-state index contributed by atoms with van der Waals surface area (Å²) in [6.45, 7) is 7.24. The van der Waals surface area contributed by atoms with Gasteiger partial charge < -0.3 is 20.1 Å². The predicted molar refractivity (Wildman–Crippen MR) is 95.8 cm³/mol. The fourth-order valence-electron chi connectivity index (χ4n) is 3.16. The molecule has 3 atom stereocenters. The number of ether oxygens (including phenoxy) is 1. The molecule has 0 radical (unpaired) electrons. The highest BCUT2D eigenvalue weighted by atomic mass is 16.5. The SMILES string of the molecule is CCC(CNC(=O)N1CC(C)CC(C(=O)O)C1)Oc1cccc(C)c1. The number of carboxylic acid groups (broad SMARTS) is 1. The van der Waals surface area contributed by atoms with Crippen molar-refractivity contribution in [2.75, 3.05) is 19.6 Å². The van der Waals surface area contributed by atoms with Gasteiger partial charge in [0.25, 0.3) is 0 Å². The van der Waals surface area contributed by atoms with E-state index in [1.165, 1.54) is 0 Å². The van der Waals surface area contributed by atoms with E-state index in [-0.39, 0.29) is 24.6 Å². The Balaban J connectivity index is 1.87. The van der Waals surface area contributed by atoms with Crippen molar-refractivity contribution in [2.24, 2.45) is 11.8 Å². The molecule has 2 amide bonds. The van der Waals surface area contributed by atoms with Gasteiger partial charge in [0.15, 0.2) is 0 Å². The second-order valence-corrected chi connectivity index (χ2v) is 6.93. The number of nitrogens with one attached hydrogen (secondary N) is 1. The molecule has 6 heteroatoms. The van der Waals surface area contributed by atoms with Gasteiger partial charge in [-0.05, 0) is 43.4 Å². The van der Waals surface area contributed by atoms with Crippen LogP contribution in [0.25, 0.3) is 0 Å². The minimum Gasteiger partial charge on any atom is -0.489 e. The third-order valence-electron chi connectivity index (χ3n) is 4.52. The Morgan fingerprint density at radius 1 is 1.40 bits per heavy atom. The number of urea groups is 1. The van der Waals surface area contributed by atoms with Crippen molar-refractivity contribution in [3.63, 3.8) is 0 Å². The maximum atomic E-state index is 12.4. The van der Waals surface area contributed by atoms with E-state index in [0.717, 1.165) is 17.7 Å². The zero-order chi connectivity index (χ0) is 18.4. The van der Waals surface area contributed by atoms with Crippen LogP contribution in [-0.4, -0.2) is 47.7 Å². The van der Waals surface area contributed by atoms with Crippen LogP contribution >= 0.6 is 0 Å². The number of hydrogen-bond acceptors (Lipinski definition) is 3. The summed E-state index contributed by atoms with van der Waals surface area (Å²) >= 11 is 0. The van der Waals surface area contributed by atoms with Crippen LogP contribution in [0, 0.1) is 18.8 Å². The number of nitrogens with zero attached hydrogens (tertiary/aromatic N) is 1. The molecule has 0 saturated carbocycles. The molecule has 138 valence electrons. The van der Waals surface area contributed by atoms with Crippen molar-refractivity contribution in [2.45, 2.75) is 39.7 Å². The van der Waals surface area contributed by atoms with Gasteiger partial charge >= 0.3 is 12.0 Å². The van der Waals surface area contributed by atoms with E-state index in [2.05, 4.69) is 5.32 Å². The number of likely N-dealkylation sites (tertiary alicyclic amines) is 1. The third-order valence-corrected chi connectivity index (χ3v) is 4.52. The molecule has 1 aromatic carbocycles. The molecular formula is C19H28N2O4. The maximum Gasteiger partial charge on any atom is 0.317 e. The fraction of sp³-hybridized carbons (Fsp3) is 0.579. The number of carbonyl (C=O) groups is 2. The summed E-state index contributed by atoms with van der Waals surface area (Å²) in [6.07, 6.45) is 1.26. The lowest BCUT2D eigenvalue weighted by atomic mass is 9.91. The highest BCUT2D eigenvalue weighted by Gasteiger charge is 2.32. The summed E-state index contributed by atoms with van der Waals surface area (Å²) in [6, 6.07) is 7.60. The lowest BCUT2D eigenvalue weighted by Gasteiger charge is -2.35. The number of amides is 2. The number of benzene rings is 1. The number of aryl methyl sites for hydroxylation is 1. The first-order valence-corrected chi connectivity index (χ1v) is 8.88. The van der Waals surface area contributed by atoms with Crippen LogP contribution in [0.2, 0.25) is 0 Å². The highest BCUT2D eigenvalue weighted by molar-refractivity contribution is 5.76. The van der Waals surface area contributed by atoms with Crippen LogP contribution in [0.3, 0.4) is 0 Å². The average Bonchev–Trinajstić information content (AvgIpc) is 2.57. The highest BCUT2D eigenvalue weighted by Crippen LogP contribution is 2.22. The van der Waals surface area contributed by atoms with Gasteiger partial charge in [0.05, 0.1) is 12.5 Å². The Morgan fingerprint density at radius 3 is 2.80 bits per heavy atom. The molecule has 25 heavy (non-hydrogen) atoms. The Labute approximate surface area is 149 Å². The van der Waals surface area contributed by atoms with Gasteiger partial charge in [0.1, 0.15) is 11.9 Å². The molecule has 0 spiro atoms. The van der Waals surface area contributed by atoms with E-state index in [1.807, 2.05) is 45.0 Å². The van der Waals surface area contributed by atoms with Gasteiger partial charge in [0, 0.05) is 13.1 Å². The molecule has 1 aliphatic heterocycles. The van der Waals surface area contributed by atoms with Crippen LogP contribution in [-0.2, 0) is 4.79 Å². The van der Waals surface area contributed by atoms with E-state index in [0.29, 0.717) is 19.5 Å².